The van der Waals surface area contributed by atoms with Crippen LogP contribution in [0.15, 0.2) is 24.3 Å². The van der Waals surface area contributed by atoms with Crippen molar-refractivity contribution in [2.24, 2.45) is 5.73 Å². The summed E-state index contributed by atoms with van der Waals surface area (Å²) in [6, 6.07) is 6.04. The fraction of sp³-hybridized carbons (Fsp3) is 0.533. The van der Waals surface area contributed by atoms with Gasteiger partial charge in [-0.3, -0.25) is 9.69 Å². The molecule has 0 bridgehead atoms. The van der Waals surface area contributed by atoms with Gasteiger partial charge in [0.1, 0.15) is 5.82 Å². The minimum absolute atomic E-state index is 0.0461. The van der Waals surface area contributed by atoms with Gasteiger partial charge in [-0.15, -0.1) is 0 Å². The lowest BCUT2D eigenvalue weighted by Gasteiger charge is -2.31. The van der Waals surface area contributed by atoms with Crippen LogP contribution in [0, 0.1) is 5.82 Å². The van der Waals surface area contributed by atoms with Crippen molar-refractivity contribution in [1.82, 2.24) is 10.2 Å². The van der Waals surface area contributed by atoms with Gasteiger partial charge < -0.3 is 11.1 Å². The number of halogens is 1. The highest BCUT2D eigenvalue weighted by molar-refractivity contribution is 5.78. The molecule has 2 atom stereocenters. The molecule has 0 saturated carbocycles. The van der Waals surface area contributed by atoms with Gasteiger partial charge in [-0.1, -0.05) is 12.1 Å². The number of rotatable bonds is 6. The lowest BCUT2D eigenvalue weighted by Crippen LogP contribution is -2.44. The lowest BCUT2D eigenvalue weighted by molar-refractivity contribution is -0.123. The summed E-state index contributed by atoms with van der Waals surface area (Å²) in [7, 11) is 1.84. The van der Waals surface area contributed by atoms with Crippen molar-refractivity contribution in [3.8, 4) is 0 Å². The molecule has 0 saturated heterocycles. The molecule has 4 nitrogen and oxygen atoms in total. The van der Waals surface area contributed by atoms with E-state index in [0.29, 0.717) is 0 Å². The minimum atomic E-state index is -0.280. The van der Waals surface area contributed by atoms with Gasteiger partial charge in [0.2, 0.25) is 5.91 Å². The number of benzene rings is 1. The smallest absolute Gasteiger partial charge is 0.234 e. The number of carbonyl (C=O) groups excluding carboxylic acids is 1. The van der Waals surface area contributed by atoms with Crippen LogP contribution in [0.3, 0.4) is 0 Å². The Hall–Kier alpha value is -1.46. The van der Waals surface area contributed by atoms with E-state index in [9.17, 15) is 9.18 Å². The van der Waals surface area contributed by atoms with E-state index in [1.807, 2.05) is 32.7 Å². The Morgan fingerprint density at radius 2 is 1.85 bits per heavy atom. The van der Waals surface area contributed by atoms with E-state index in [4.69, 9.17) is 5.73 Å². The van der Waals surface area contributed by atoms with Gasteiger partial charge in [0, 0.05) is 18.1 Å². The van der Waals surface area contributed by atoms with Crippen molar-refractivity contribution < 1.29 is 9.18 Å². The van der Waals surface area contributed by atoms with Crippen LogP contribution in [0.5, 0.6) is 0 Å². The molecule has 5 heteroatoms. The molecule has 1 aromatic carbocycles. The van der Waals surface area contributed by atoms with Crippen LogP contribution in [-0.4, -0.2) is 36.5 Å². The molecule has 0 aliphatic carbocycles. The molecule has 1 aromatic rings. The zero-order valence-electron chi connectivity index (χ0n) is 12.6. The highest BCUT2D eigenvalue weighted by Gasteiger charge is 2.23. The van der Waals surface area contributed by atoms with Crippen LogP contribution in [0.1, 0.15) is 32.4 Å². The van der Waals surface area contributed by atoms with Gasteiger partial charge in [-0.25, -0.2) is 4.39 Å². The molecule has 0 aliphatic rings. The van der Waals surface area contributed by atoms with Crippen LogP contribution >= 0.6 is 0 Å². The maximum atomic E-state index is 13.0. The van der Waals surface area contributed by atoms with Gasteiger partial charge in [-0.2, -0.15) is 0 Å². The van der Waals surface area contributed by atoms with Crippen molar-refractivity contribution in [3.05, 3.63) is 35.6 Å². The molecule has 1 amide bonds. The van der Waals surface area contributed by atoms with Crippen LogP contribution in [-0.2, 0) is 4.79 Å². The molecule has 0 aromatic heterocycles. The van der Waals surface area contributed by atoms with E-state index < -0.39 is 0 Å². The first kappa shape index (κ1) is 16.6. The second kappa shape index (κ2) is 7.36. The number of nitrogens with one attached hydrogen (secondary N) is 1. The molecular formula is C15H24FN3O. The fourth-order valence-electron chi connectivity index (χ4n) is 2.31. The monoisotopic (exact) mass is 281 g/mol. The number of hydrogen-bond donors (Lipinski definition) is 2. The predicted molar refractivity (Wildman–Crippen MR) is 78.7 cm³/mol. The second-order valence-electron chi connectivity index (χ2n) is 5.49. The number of likely N-dealkylation sites (N-methyl/N-ethyl adjacent to an activating group) is 1. The van der Waals surface area contributed by atoms with Gasteiger partial charge in [0.25, 0.3) is 0 Å². The molecule has 112 valence electrons. The summed E-state index contributed by atoms with van der Waals surface area (Å²) in [6.45, 7) is 5.97. The fourth-order valence-corrected chi connectivity index (χ4v) is 2.31. The topological polar surface area (TPSA) is 58.4 Å². The quantitative estimate of drug-likeness (QED) is 0.834. The van der Waals surface area contributed by atoms with Gasteiger partial charge in [-0.05, 0) is 45.5 Å². The minimum Gasteiger partial charge on any atom is -0.353 e. The summed E-state index contributed by atoms with van der Waals surface area (Å²) in [4.78, 5) is 13.7. The van der Waals surface area contributed by atoms with Crippen LogP contribution in [0.4, 0.5) is 4.39 Å². The largest absolute Gasteiger partial charge is 0.353 e. The zero-order chi connectivity index (χ0) is 15.3. The zero-order valence-corrected chi connectivity index (χ0v) is 12.6. The van der Waals surface area contributed by atoms with E-state index in [1.54, 1.807) is 12.1 Å². The van der Waals surface area contributed by atoms with Gasteiger partial charge >= 0.3 is 0 Å². The predicted octanol–water partition coefficient (Wildman–Crippen LogP) is 1.67. The van der Waals surface area contributed by atoms with Crippen molar-refractivity contribution in [3.63, 3.8) is 0 Å². The standard InChI is InChI=1S/C15H24FN3O/c1-10(2)18-14(20)9-19(4)15(11(3)17)12-5-7-13(16)8-6-12/h5-8,10-11,15H,9,17H2,1-4H3,(H,18,20). The van der Waals surface area contributed by atoms with Crippen LogP contribution < -0.4 is 11.1 Å². The third-order valence-electron chi connectivity index (χ3n) is 3.03. The molecule has 2 unspecified atom stereocenters. The summed E-state index contributed by atoms with van der Waals surface area (Å²) in [6.07, 6.45) is 0. The number of nitrogens with two attached hydrogens (primary N) is 1. The van der Waals surface area contributed by atoms with Gasteiger partial charge in [0.05, 0.1) is 6.54 Å². The first-order chi connectivity index (χ1) is 9.31. The SMILES string of the molecule is CC(C)NC(=O)CN(C)C(c1ccc(F)cc1)C(C)N. The summed E-state index contributed by atoms with van der Waals surface area (Å²) in [5, 5.41) is 2.85. The molecule has 3 N–H and O–H groups in total. The first-order valence-electron chi connectivity index (χ1n) is 6.82. The van der Waals surface area contributed by atoms with E-state index >= 15 is 0 Å². The molecule has 0 heterocycles. The van der Waals surface area contributed by atoms with Gasteiger partial charge in [0.15, 0.2) is 0 Å². The molecule has 20 heavy (non-hydrogen) atoms. The van der Waals surface area contributed by atoms with E-state index in [1.165, 1.54) is 12.1 Å². The Labute approximate surface area is 120 Å². The highest BCUT2D eigenvalue weighted by Crippen LogP contribution is 2.22. The number of hydrogen-bond acceptors (Lipinski definition) is 3. The highest BCUT2D eigenvalue weighted by atomic mass is 19.1. The average molecular weight is 281 g/mol. The molecule has 1 rings (SSSR count). The van der Waals surface area contributed by atoms with E-state index in [0.717, 1.165) is 5.56 Å². The normalized spacial score (nSPS) is 14.4. The number of nitrogens with zero attached hydrogens (tertiary/aromatic N) is 1. The average Bonchev–Trinajstić information content (AvgIpc) is 2.30. The van der Waals surface area contributed by atoms with Crippen molar-refractivity contribution in [2.45, 2.75) is 38.9 Å². The Balaban J connectivity index is 2.80. The summed E-state index contributed by atoms with van der Waals surface area (Å²) >= 11 is 0. The number of carbonyl (C=O) groups is 1. The Kier molecular flexibility index (Phi) is 6.10. The first-order valence-corrected chi connectivity index (χ1v) is 6.82. The van der Waals surface area contributed by atoms with Crippen molar-refractivity contribution in [1.29, 1.82) is 0 Å². The molecule has 0 radical (unpaired) electrons. The summed E-state index contributed by atoms with van der Waals surface area (Å²) < 4.78 is 13.0. The van der Waals surface area contributed by atoms with E-state index in [-0.39, 0.29) is 36.4 Å². The van der Waals surface area contributed by atoms with E-state index in [2.05, 4.69) is 5.32 Å². The Bertz CT molecular complexity index is 431. The molecule has 0 aliphatic heterocycles. The molecule has 0 spiro atoms. The third-order valence-corrected chi connectivity index (χ3v) is 3.03. The Morgan fingerprint density at radius 1 is 1.30 bits per heavy atom. The van der Waals surface area contributed by atoms with Crippen molar-refractivity contribution >= 4 is 5.91 Å². The van der Waals surface area contributed by atoms with Crippen molar-refractivity contribution in [2.75, 3.05) is 13.6 Å². The molecule has 0 fully saturated rings. The Morgan fingerprint density at radius 3 is 2.30 bits per heavy atom. The molecular weight excluding hydrogens is 257 g/mol. The number of amides is 1. The summed E-state index contributed by atoms with van der Waals surface area (Å²) in [5.41, 5.74) is 6.92. The van der Waals surface area contributed by atoms with Crippen LogP contribution in [0.2, 0.25) is 0 Å². The van der Waals surface area contributed by atoms with Crippen LogP contribution in [0.25, 0.3) is 0 Å². The lowest BCUT2D eigenvalue weighted by atomic mass is 9.99. The maximum absolute atomic E-state index is 13.0. The third kappa shape index (κ3) is 4.90. The summed E-state index contributed by atoms with van der Waals surface area (Å²) in [5.74, 6) is -0.326. The second-order valence-corrected chi connectivity index (χ2v) is 5.49. The maximum Gasteiger partial charge on any atom is 0.234 e.